The average molecular weight is 393 g/mol. The Morgan fingerprint density at radius 1 is 1.11 bits per heavy atom. The maximum absolute atomic E-state index is 12.4. The molecule has 1 unspecified atom stereocenters. The van der Waals surface area contributed by atoms with Gasteiger partial charge in [0, 0.05) is 24.8 Å². The first kappa shape index (κ1) is 22.4. The van der Waals surface area contributed by atoms with E-state index in [1.807, 2.05) is 0 Å². The van der Waals surface area contributed by atoms with Gasteiger partial charge in [0.2, 0.25) is 0 Å². The van der Waals surface area contributed by atoms with E-state index in [2.05, 4.69) is 27.7 Å². The van der Waals surface area contributed by atoms with Gasteiger partial charge in [0.05, 0.1) is 12.5 Å². The average Bonchev–Trinajstić information content (AvgIpc) is 3.45. The molecule has 28 heavy (non-hydrogen) atoms. The van der Waals surface area contributed by atoms with Crippen LogP contribution in [0, 0.1) is 17.8 Å². The van der Waals surface area contributed by atoms with E-state index >= 15 is 0 Å². The standard InChI is InChI=1S/C22H36N2O4/c1-16(2)15-19(17(3)4)21(26)28-14-8-6-5-7-12-23-13-11-20(25)24(22(23)27)18-9-10-18/h11,13,16-19H,5-10,12,14-15H2,1-4H3. The van der Waals surface area contributed by atoms with Gasteiger partial charge in [-0.1, -0.05) is 34.1 Å². The lowest BCUT2D eigenvalue weighted by Gasteiger charge is -2.21. The van der Waals surface area contributed by atoms with Crippen LogP contribution in [0.1, 0.15) is 78.7 Å². The van der Waals surface area contributed by atoms with E-state index < -0.39 is 0 Å². The Balaban J connectivity index is 1.66. The molecule has 1 aromatic rings. The summed E-state index contributed by atoms with van der Waals surface area (Å²) in [7, 11) is 0. The molecule has 6 nitrogen and oxygen atoms in total. The van der Waals surface area contributed by atoms with Gasteiger partial charge >= 0.3 is 11.7 Å². The smallest absolute Gasteiger partial charge is 0.331 e. The number of rotatable bonds is 12. The van der Waals surface area contributed by atoms with Gasteiger partial charge in [-0.2, -0.15) is 0 Å². The number of aryl methyl sites for hydroxylation is 1. The van der Waals surface area contributed by atoms with Gasteiger partial charge in [0.25, 0.3) is 5.56 Å². The number of hydrogen-bond donors (Lipinski definition) is 0. The van der Waals surface area contributed by atoms with Crippen molar-refractivity contribution in [1.29, 1.82) is 0 Å². The highest BCUT2D eigenvalue weighted by Gasteiger charge is 2.27. The summed E-state index contributed by atoms with van der Waals surface area (Å²) in [6.07, 6.45) is 7.96. The van der Waals surface area contributed by atoms with Crippen molar-refractivity contribution in [2.24, 2.45) is 17.8 Å². The van der Waals surface area contributed by atoms with E-state index in [1.165, 1.54) is 10.6 Å². The lowest BCUT2D eigenvalue weighted by atomic mass is 9.88. The van der Waals surface area contributed by atoms with E-state index in [-0.39, 0.29) is 29.2 Å². The first-order chi connectivity index (χ1) is 13.3. The molecule has 1 saturated carbocycles. The first-order valence-corrected chi connectivity index (χ1v) is 10.8. The fourth-order valence-electron chi connectivity index (χ4n) is 3.54. The largest absolute Gasteiger partial charge is 0.465 e. The van der Waals surface area contributed by atoms with Gasteiger partial charge in [-0.3, -0.25) is 14.2 Å². The van der Waals surface area contributed by atoms with Gasteiger partial charge in [-0.05, 0) is 50.4 Å². The highest BCUT2D eigenvalue weighted by Crippen LogP contribution is 2.31. The lowest BCUT2D eigenvalue weighted by molar-refractivity contribution is -0.151. The summed E-state index contributed by atoms with van der Waals surface area (Å²) in [6.45, 7) is 9.49. The maximum Gasteiger partial charge on any atom is 0.331 e. The minimum Gasteiger partial charge on any atom is -0.465 e. The normalized spacial score (nSPS) is 15.2. The molecule has 1 aliphatic rings. The molecule has 6 heteroatoms. The minimum absolute atomic E-state index is 0.0194. The topological polar surface area (TPSA) is 70.3 Å². The molecule has 1 fully saturated rings. The van der Waals surface area contributed by atoms with Gasteiger partial charge < -0.3 is 9.30 Å². The summed E-state index contributed by atoms with van der Waals surface area (Å²) in [6, 6.07) is 1.59. The first-order valence-electron chi connectivity index (χ1n) is 10.8. The minimum atomic E-state index is -0.192. The number of nitrogens with zero attached hydrogens (tertiary/aromatic N) is 2. The third-order valence-corrected chi connectivity index (χ3v) is 5.37. The third kappa shape index (κ3) is 6.64. The Morgan fingerprint density at radius 3 is 2.39 bits per heavy atom. The van der Waals surface area contributed by atoms with E-state index in [0.29, 0.717) is 25.0 Å². The molecule has 1 atom stereocenters. The van der Waals surface area contributed by atoms with Crippen molar-refractivity contribution in [2.45, 2.75) is 85.2 Å². The van der Waals surface area contributed by atoms with Gasteiger partial charge in [0.1, 0.15) is 0 Å². The van der Waals surface area contributed by atoms with Crippen LogP contribution >= 0.6 is 0 Å². The zero-order chi connectivity index (χ0) is 20.7. The number of ether oxygens (including phenoxy) is 1. The number of aromatic nitrogens is 2. The summed E-state index contributed by atoms with van der Waals surface area (Å²) in [4.78, 5) is 36.5. The van der Waals surface area contributed by atoms with Crippen LogP contribution in [0.25, 0.3) is 0 Å². The van der Waals surface area contributed by atoms with Gasteiger partial charge in [-0.25, -0.2) is 4.79 Å². The molecule has 0 aliphatic heterocycles. The molecular formula is C22H36N2O4. The van der Waals surface area contributed by atoms with Crippen LogP contribution in [-0.4, -0.2) is 21.7 Å². The molecule has 0 radical (unpaired) electrons. The molecule has 1 aromatic heterocycles. The van der Waals surface area contributed by atoms with Crippen molar-refractivity contribution in [3.8, 4) is 0 Å². The third-order valence-electron chi connectivity index (χ3n) is 5.37. The van der Waals surface area contributed by atoms with Gasteiger partial charge in [0.15, 0.2) is 0 Å². The molecule has 0 amide bonds. The van der Waals surface area contributed by atoms with Crippen LogP contribution in [0.5, 0.6) is 0 Å². The Bertz CT molecular complexity index is 744. The van der Waals surface area contributed by atoms with Crippen molar-refractivity contribution in [2.75, 3.05) is 6.61 Å². The van der Waals surface area contributed by atoms with E-state index in [4.69, 9.17) is 4.74 Å². The molecule has 2 rings (SSSR count). The fraction of sp³-hybridized carbons (Fsp3) is 0.773. The second-order valence-electron chi connectivity index (χ2n) is 8.79. The Morgan fingerprint density at radius 2 is 1.79 bits per heavy atom. The number of carbonyl (C=O) groups excluding carboxylic acids is 1. The summed E-state index contributed by atoms with van der Waals surface area (Å²) >= 11 is 0. The highest BCUT2D eigenvalue weighted by molar-refractivity contribution is 5.72. The summed E-state index contributed by atoms with van der Waals surface area (Å²) in [5.74, 6) is 0.691. The zero-order valence-electron chi connectivity index (χ0n) is 17.9. The molecule has 0 bridgehead atoms. The van der Waals surface area contributed by atoms with Crippen LogP contribution in [0.2, 0.25) is 0 Å². The quantitative estimate of drug-likeness (QED) is 0.401. The number of unbranched alkanes of at least 4 members (excludes halogenated alkanes) is 3. The van der Waals surface area contributed by atoms with Crippen molar-refractivity contribution < 1.29 is 9.53 Å². The summed E-state index contributed by atoms with van der Waals surface area (Å²) in [5, 5.41) is 0. The fourth-order valence-corrected chi connectivity index (χ4v) is 3.54. The van der Waals surface area contributed by atoms with Crippen molar-refractivity contribution >= 4 is 5.97 Å². The predicted octanol–water partition coefficient (Wildman–Crippen LogP) is 3.77. The molecular weight excluding hydrogens is 356 g/mol. The molecule has 0 aromatic carbocycles. The lowest BCUT2D eigenvalue weighted by Crippen LogP contribution is -2.38. The van der Waals surface area contributed by atoms with Crippen molar-refractivity contribution in [3.05, 3.63) is 33.1 Å². The van der Waals surface area contributed by atoms with Crippen molar-refractivity contribution in [1.82, 2.24) is 9.13 Å². The zero-order valence-corrected chi connectivity index (χ0v) is 17.9. The maximum atomic E-state index is 12.4. The van der Waals surface area contributed by atoms with Gasteiger partial charge in [-0.15, -0.1) is 0 Å². The second kappa shape index (κ2) is 10.6. The van der Waals surface area contributed by atoms with E-state index in [0.717, 1.165) is 44.9 Å². The summed E-state index contributed by atoms with van der Waals surface area (Å²) in [5.41, 5.74) is -0.378. The molecule has 1 aliphatic carbocycles. The number of carbonyl (C=O) groups is 1. The highest BCUT2D eigenvalue weighted by atomic mass is 16.5. The number of esters is 1. The Labute approximate surface area is 167 Å². The van der Waals surface area contributed by atoms with E-state index in [1.54, 1.807) is 10.8 Å². The Hall–Kier alpha value is -1.85. The van der Waals surface area contributed by atoms with Crippen LogP contribution in [-0.2, 0) is 16.1 Å². The van der Waals surface area contributed by atoms with Crippen LogP contribution in [0.3, 0.4) is 0 Å². The predicted molar refractivity (Wildman–Crippen MR) is 110 cm³/mol. The second-order valence-corrected chi connectivity index (χ2v) is 8.79. The van der Waals surface area contributed by atoms with Crippen molar-refractivity contribution in [3.63, 3.8) is 0 Å². The molecule has 158 valence electrons. The Kier molecular flexibility index (Phi) is 8.52. The SMILES string of the molecule is CC(C)CC(C(=O)OCCCCCCn1ccc(=O)n(C2CC2)c1=O)C(C)C. The van der Waals surface area contributed by atoms with Crippen LogP contribution in [0.4, 0.5) is 0 Å². The molecule has 0 saturated heterocycles. The van der Waals surface area contributed by atoms with Crippen LogP contribution in [0.15, 0.2) is 21.9 Å². The van der Waals surface area contributed by atoms with E-state index in [9.17, 15) is 14.4 Å². The summed E-state index contributed by atoms with van der Waals surface area (Å²) < 4.78 is 8.51. The molecule has 1 heterocycles. The molecule has 0 N–H and O–H groups in total. The monoisotopic (exact) mass is 392 g/mol. The van der Waals surface area contributed by atoms with Crippen LogP contribution < -0.4 is 11.2 Å². The number of hydrogen-bond acceptors (Lipinski definition) is 4. The molecule has 0 spiro atoms.